The maximum Gasteiger partial charge on any atom is 0.118 e. The molecule has 0 aliphatic heterocycles. The summed E-state index contributed by atoms with van der Waals surface area (Å²) in [5.74, 6) is 0.821. The Kier molecular flexibility index (Phi) is 5.85. The standard InChI is InChI=1S/C18H21NO2/c1-21-18-12-10-17(11-13-18)15-19(20)14-6-5-9-16-7-3-2-4-8-16/h2-4,6-8,10-14,20H,5,9,15H2,1H3/b14-6+. The fourth-order valence-electron chi connectivity index (χ4n) is 2.06. The van der Waals surface area contributed by atoms with Crippen molar-refractivity contribution in [1.82, 2.24) is 5.06 Å². The third-order valence-electron chi connectivity index (χ3n) is 3.22. The Balaban J connectivity index is 1.75. The predicted molar refractivity (Wildman–Crippen MR) is 84.2 cm³/mol. The van der Waals surface area contributed by atoms with Crippen molar-refractivity contribution in [2.45, 2.75) is 19.4 Å². The van der Waals surface area contributed by atoms with Gasteiger partial charge in [0.2, 0.25) is 0 Å². The highest BCUT2D eigenvalue weighted by Crippen LogP contribution is 2.12. The molecular formula is C18H21NO2. The predicted octanol–water partition coefficient (Wildman–Crippen LogP) is 4.03. The second-order valence-corrected chi connectivity index (χ2v) is 4.85. The molecule has 0 fully saturated rings. The zero-order valence-corrected chi connectivity index (χ0v) is 12.3. The van der Waals surface area contributed by atoms with Crippen LogP contribution in [0, 0.1) is 0 Å². The van der Waals surface area contributed by atoms with E-state index in [9.17, 15) is 5.21 Å². The van der Waals surface area contributed by atoms with Gasteiger partial charge in [-0.2, -0.15) is 0 Å². The lowest BCUT2D eigenvalue weighted by Crippen LogP contribution is -2.10. The minimum Gasteiger partial charge on any atom is -0.497 e. The van der Waals surface area contributed by atoms with Crippen molar-refractivity contribution in [1.29, 1.82) is 0 Å². The molecule has 3 nitrogen and oxygen atoms in total. The quantitative estimate of drug-likeness (QED) is 0.779. The molecule has 0 heterocycles. The van der Waals surface area contributed by atoms with E-state index < -0.39 is 0 Å². The molecule has 0 amide bonds. The van der Waals surface area contributed by atoms with Crippen LogP contribution in [0.25, 0.3) is 0 Å². The van der Waals surface area contributed by atoms with Crippen LogP contribution in [-0.2, 0) is 13.0 Å². The third kappa shape index (κ3) is 5.32. The Morgan fingerprint density at radius 2 is 1.71 bits per heavy atom. The second kappa shape index (κ2) is 8.12. The Labute approximate surface area is 126 Å². The maximum absolute atomic E-state index is 9.84. The highest BCUT2D eigenvalue weighted by molar-refractivity contribution is 5.27. The van der Waals surface area contributed by atoms with Crippen molar-refractivity contribution in [3.8, 4) is 5.75 Å². The second-order valence-electron chi connectivity index (χ2n) is 4.85. The highest BCUT2D eigenvalue weighted by atomic mass is 16.5. The first-order valence-corrected chi connectivity index (χ1v) is 7.07. The van der Waals surface area contributed by atoms with Crippen LogP contribution in [-0.4, -0.2) is 17.4 Å². The van der Waals surface area contributed by atoms with E-state index in [2.05, 4.69) is 12.1 Å². The molecule has 0 aromatic heterocycles. The van der Waals surface area contributed by atoms with Gasteiger partial charge in [0.05, 0.1) is 13.7 Å². The summed E-state index contributed by atoms with van der Waals surface area (Å²) in [6.45, 7) is 0.464. The third-order valence-corrected chi connectivity index (χ3v) is 3.22. The van der Waals surface area contributed by atoms with Gasteiger partial charge in [-0.15, -0.1) is 0 Å². The van der Waals surface area contributed by atoms with Crippen LogP contribution in [0.1, 0.15) is 17.5 Å². The van der Waals surface area contributed by atoms with E-state index in [4.69, 9.17) is 4.74 Å². The van der Waals surface area contributed by atoms with Crippen molar-refractivity contribution in [2.75, 3.05) is 7.11 Å². The number of benzene rings is 2. The summed E-state index contributed by atoms with van der Waals surface area (Å²) < 4.78 is 5.11. The van der Waals surface area contributed by atoms with Gasteiger partial charge in [-0.3, -0.25) is 10.3 Å². The number of ether oxygens (including phenoxy) is 1. The Hall–Kier alpha value is -2.26. The van der Waals surface area contributed by atoms with Crippen LogP contribution in [0.15, 0.2) is 66.9 Å². The summed E-state index contributed by atoms with van der Waals surface area (Å²) in [6, 6.07) is 18.0. The first kappa shape index (κ1) is 15.1. The molecule has 3 heteroatoms. The fraction of sp³-hybridized carbons (Fsp3) is 0.222. The molecule has 0 saturated carbocycles. The normalized spacial score (nSPS) is 10.8. The minimum atomic E-state index is 0.464. The summed E-state index contributed by atoms with van der Waals surface area (Å²) in [5, 5.41) is 11.0. The van der Waals surface area contributed by atoms with Crippen LogP contribution >= 0.6 is 0 Å². The number of nitrogens with zero attached hydrogens (tertiary/aromatic N) is 1. The van der Waals surface area contributed by atoms with Crippen molar-refractivity contribution >= 4 is 0 Å². The van der Waals surface area contributed by atoms with Crippen molar-refractivity contribution in [3.05, 3.63) is 78.0 Å². The van der Waals surface area contributed by atoms with E-state index >= 15 is 0 Å². The van der Waals surface area contributed by atoms with Gasteiger partial charge in [0.1, 0.15) is 5.75 Å². The fourth-order valence-corrected chi connectivity index (χ4v) is 2.06. The van der Waals surface area contributed by atoms with Gasteiger partial charge in [0, 0.05) is 6.20 Å². The number of aryl methyl sites for hydroxylation is 1. The molecule has 2 aromatic carbocycles. The summed E-state index contributed by atoms with van der Waals surface area (Å²) in [5.41, 5.74) is 2.34. The van der Waals surface area contributed by atoms with Crippen LogP contribution in [0.4, 0.5) is 0 Å². The average Bonchev–Trinajstić information content (AvgIpc) is 2.53. The highest BCUT2D eigenvalue weighted by Gasteiger charge is 1.98. The summed E-state index contributed by atoms with van der Waals surface area (Å²) in [6.07, 6.45) is 5.58. The van der Waals surface area contributed by atoms with E-state index in [1.807, 2.05) is 48.5 Å². The van der Waals surface area contributed by atoms with E-state index in [0.717, 1.165) is 24.2 Å². The molecule has 110 valence electrons. The maximum atomic E-state index is 9.84. The van der Waals surface area contributed by atoms with Gasteiger partial charge < -0.3 is 4.74 Å². The van der Waals surface area contributed by atoms with E-state index in [-0.39, 0.29) is 0 Å². The molecule has 0 bridgehead atoms. The Bertz CT molecular complexity index is 549. The Morgan fingerprint density at radius 3 is 2.38 bits per heavy atom. The van der Waals surface area contributed by atoms with Gasteiger partial charge in [-0.1, -0.05) is 48.5 Å². The molecule has 0 unspecified atom stereocenters. The molecule has 0 spiro atoms. The molecule has 1 N–H and O–H groups in total. The van der Waals surface area contributed by atoms with Gasteiger partial charge in [-0.25, -0.2) is 0 Å². The smallest absolute Gasteiger partial charge is 0.118 e. The number of hydroxylamine groups is 2. The molecule has 2 aromatic rings. The molecular weight excluding hydrogens is 262 g/mol. The van der Waals surface area contributed by atoms with Gasteiger partial charge in [0.25, 0.3) is 0 Å². The van der Waals surface area contributed by atoms with Crippen LogP contribution in [0.3, 0.4) is 0 Å². The van der Waals surface area contributed by atoms with E-state index in [1.54, 1.807) is 13.3 Å². The van der Waals surface area contributed by atoms with Gasteiger partial charge in [-0.05, 0) is 36.1 Å². The lowest BCUT2D eigenvalue weighted by molar-refractivity contribution is -0.0493. The number of hydrogen-bond acceptors (Lipinski definition) is 3. The van der Waals surface area contributed by atoms with Gasteiger partial charge in [0.15, 0.2) is 0 Å². The zero-order chi connectivity index (χ0) is 14.9. The first-order chi connectivity index (χ1) is 10.3. The molecule has 2 rings (SSSR count). The average molecular weight is 283 g/mol. The van der Waals surface area contributed by atoms with Crippen molar-refractivity contribution in [2.24, 2.45) is 0 Å². The topological polar surface area (TPSA) is 32.7 Å². The Morgan fingerprint density at radius 1 is 1.00 bits per heavy atom. The van der Waals surface area contributed by atoms with Crippen molar-refractivity contribution in [3.63, 3.8) is 0 Å². The van der Waals surface area contributed by atoms with E-state index in [0.29, 0.717) is 6.54 Å². The molecule has 0 radical (unpaired) electrons. The number of rotatable bonds is 7. The van der Waals surface area contributed by atoms with Crippen LogP contribution < -0.4 is 4.74 Å². The SMILES string of the molecule is COc1ccc(CN(O)/C=C/CCc2ccccc2)cc1. The largest absolute Gasteiger partial charge is 0.497 e. The zero-order valence-electron chi connectivity index (χ0n) is 12.3. The summed E-state index contributed by atoms with van der Waals surface area (Å²) in [7, 11) is 1.64. The van der Waals surface area contributed by atoms with Crippen LogP contribution in [0.2, 0.25) is 0 Å². The monoisotopic (exact) mass is 283 g/mol. The van der Waals surface area contributed by atoms with Crippen molar-refractivity contribution < 1.29 is 9.94 Å². The minimum absolute atomic E-state index is 0.464. The number of allylic oxidation sites excluding steroid dienone is 1. The summed E-state index contributed by atoms with van der Waals surface area (Å²) in [4.78, 5) is 0. The molecule has 21 heavy (non-hydrogen) atoms. The number of hydrogen-bond donors (Lipinski definition) is 1. The van der Waals surface area contributed by atoms with E-state index in [1.165, 1.54) is 10.6 Å². The molecule has 0 saturated heterocycles. The summed E-state index contributed by atoms with van der Waals surface area (Å²) >= 11 is 0. The molecule has 0 atom stereocenters. The lowest BCUT2D eigenvalue weighted by atomic mass is 10.1. The molecule has 0 aliphatic carbocycles. The van der Waals surface area contributed by atoms with Crippen LogP contribution in [0.5, 0.6) is 5.75 Å². The molecule has 0 aliphatic rings. The first-order valence-electron chi connectivity index (χ1n) is 7.07. The number of methoxy groups -OCH3 is 1. The van der Waals surface area contributed by atoms with Gasteiger partial charge >= 0.3 is 0 Å². The lowest BCUT2D eigenvalue weighted by Gasteiger charge is -2.12.